The topological polar surface area (TPSA) is 89.5 Å². The van der Waals surface area contributed by atoms with Gasteiger partial charge in [-0.3, -0.25) is 14.9 Å². The zero-order chi connectivity index (χ0) is 20.2. The molecule has 8 heteroatoms. The minimum absolute atomic E-state index is 0.0179. The molecule has 0 bridgehead atoms. The van der Waals surface area contributed by atoms with E-state index in [1.165, 1.54) is 16.9 Å². The molecule has 7 nitrogen and oxygen atoms in total. The second kappa shape index (κ2) is 8.32. The van der Waals surface area contributed by atoms with Crippen LogP contribution in [0.3, 0.4) is 0 Å². The van der Waals surface area contributed by atoms with Crippen molar-refractivity contribution in [3.05, 3.63) is 53.4 Å². The van der Waals surface area contributed by atoms with Crippen LogP contribution in [0.15, 0.2) is 47.8 Å². The van der Waals surface area contributed by atoms with Gasteiger partial charge in [-0.1, -0.05) is 19.1 Å². The van der Waals surface area contributed by atoms with Crippen LogP contribution < -0.4 is 20.1 Å². The number of thiazole rings is 1. The molecule has 2 amide bonds. The number of hydrogen-bond donors (Lipinski definition) is 2. The Morgan fingerprint density at radius 2 is 2.10 bits per heavy atom. The lowest BCUT2D eigenvalue weighted by Crippen LogP contribution is -2.25. The number of carbonyl (C=O) groups excluding carboxylic acids is 2. The number of benzene rings is 2. The summed E-state index contributed by atoms with van der Waals surface area (Å²) >= 11 is 1.32. The van der Waals surface area contributed by atoms with Crippen LogP contribution in [-0.2, 0) is 16.0 Å². The van der Waals surface area contributed by atoms with E-state index in [9.17, 15) is 9.59 Å². The van der Waals surface area contributed by atoms with Gasteiger partial charge in [0, 0.05) is 10.9 Å². The summed E-state index contributed by atoms with van der Waals surface area (Å²) in [4.78, 5) is 28.1. The first-order valence-corrected chi connectivity index (χ1v) is 10.0. The molecule has 1 aromatic heterocycles. The van der Waals surface area contributed by atoms with Crippen molar-refractivity contribution in [1.29, 1.82) is 0 Å². The molecular formula is C21H19N3O4S. The van der Waals surface area contributed by atoms with Gasteiger partial charge in [0.1, 0.15) is 11.5 Å². The van der Waals surface area contributed by atoms with E-state index < -0.39 is 0 Å². The van der Waals surface area contributed by atoms with Gasteiger partial charge < -0.3 is 14.8 Å². The number of fused-ring (bicyclic) bond motifs is 1. The number of hydrogen-bond acceptors (Lipinski definition) is 6. The smallest absolute Gasteiger partial charge is 0.264 e. The lowest BCUT2D eigenvalue weighted by molar-refractivity contribution is -0.119. The van der Waals surface area contributed by atoms with E-state index in [0.29, 0.717) is 28.0 Å². The van der Waals surface area contributed by atoms with Gasteiger partial charge >= 0.3 is 0 Å². The first kappa shape index (κ1) is 18.9. The molecule has 0 saturated heterocycles. The Kier molecular flexibility index (Phi) is 5.44. The highest BCUT2D eigenvalue weighted by molar-refractivity contribution is 7.14. The van der Waals surface area contributed by atoms with E-state index in [0.717, 1.165) is 12.0 Å². The van der Waals surface area contributed by atoms with Crippen LogP contribution in [0, 0.1) is 0 Å². The summed E-state index contributed by atoms with van der Waals surface area (Å²) < 4.78 is 10.9. The third-order valence-corrected chi connectivity index (χ3v) is 5.12. The number of ether oxygens (including phenoxy) is 2. The molecule has 1 aliphatic rings. The average Bonchev–Trinajstić information content (AvgIpc) is 3.20. The van der Waals surface area contributed by atoms with E-state index in [1.807, 2.05) is 35.7 Å². The Morgan fingerprint density at radius 3 is 2.90 bits per heavy atom. The fourth-order valence-corrected chi connectivity index (χ4v) is 3.57. The number of aryl methyl sites for hydroxylation is 1. The number of rotatable bonds is 6. The fraction of sp³-hybridized carbons (Fsp3) is 0.190. The number of nitrogens with zero attached hydrogens (tertiary/aromatic N) is 1. The van der Waals surface area contributed by atoms with Gasteiger partial charge in [0.2, 0.25) is 0 Å². The van der Waals surface area contributed by atoms with Gasteiger partial charge in [0.15, 0.2) is 18.3 Å². The molecule has 0 spiro atoms. The molecule has 0 aliphatic carbocycles. The fourth-order valence-electron chi connectivity index (χ4n) is 2.83. The van der Waals surface area contributed by atoms with Crippen molar-refractivity contribution in [3.8, 4) is 22.8 Å². The van der Waals surface area contributed by atoms with E-state index >= 15 is 0 Å². The van der Waals surface area contributed by atoms with E-state index in [1.54, 1.807) is 12.1 Å². The number of nitrogens with one attached hydrogen (secondary N) is 2. The molecule has 29 heavy (non-hydrogen) atoms. The van der Waals surface area contributed by atoms with Gasteiger partial charge in [-0.2, -0.15) is 0 Å². The van der Waals surface area contributed by atoms with Gasteiger partial charge in [-0.15, -0.1) is 11.3 Å². The Labute approximate surface area is 171 Å². The van der Waals surface area contributed by atoms with Crippen molar-refractivity contribution >= 4 is 34.0 Å². The molecule has 2 aromatic carbocycles. The Balaban J connectivity index is 1.37. The standard InChI is InChI=1S/C21H19N3O4S/c1-2-13-3-6-15(7-4-13)27-10-20(26)24-21-23-17(12-29-21)14-5-8-18-16(9-14)22-19(25)11-28-18/h3-9,12H,2,10-11H2,1H3,(H,22,25)(H,23,24,26). The molecular weight excluding hydrogens is 390 g/mol. The monoisotopic (exact) mass is 409 g/mol. The SMILES string of the molecule is CCc1ccc(OCC(=O)Nc2nc(-c3ccc4c(c3)NC(=O)CO4)cs2)cc1. The highest BCUT2D eigenvalue weighted by atomic mass is 32.1. The summed E-state index contributed by atoms with van der Waals surface area (Å²) in [6, 6.07) is 13.1. The normalized spacial score (nSPS) is 12.5. The molecule has 0 saturated carbocycles. The molecule has 0 radical (unpaired) electrons. The minimum Gasteiger partial charge on any atom is -0.484 e. The van der Waals surface area contributed by atoms with Crippen molar-refractivity contribution in [2.75, 3.05) is 23.8 Å². The number of aromatic nitrogens is 1. The van der Waals surface area contributed by atoms with Crippen LogP contribution in [0.5, 0.6) is 11.5 Å². The van der Waals surface area contributed by atoms with E-state index in [2.05, 4.69) is 22.5 Å². The largest absolute Gasteiger partial charge is 0.484 e. The van der Waals surface area contributed by atoms with Crippen LogP contribution in [0.2, 0.25) is 0 Å². The van der Waals surface area contributed by atoms with Crippen molar-refractivity contribution in [3.63, 3.8) is 0 Å². The van der Waals surface area contributed by atoms with Crippen LogP contribution in [0.25, 0.3) is 11.3 Å². The van der Waals surface area contributed by atoms with E-state index in [4.69, 9.17) is 9.47 Å². The maximum atomic E-state index is 12.1. The third kappa shape index (κ3) is 4.55. The second-order valence-electron chi connectivity index (χ2n) is 6.42. The number of amides is 2. The summed E-state index contributed by atoms with van der Waals surface area (Å²) in [5.41, 5.74) is 3.34. The lowest BCUT2D eigenvalue weighted by Gasteiger charge is -2.18. The van der Waals surface area contributed by atoms with Crippen molar-refractivity contribution in [2.24, 2.45) is 0 Å². The quantitative estimate of drug-likeness (QED) is 0.648. The maximum Gasteiger partial charge on any atom is 0.264 e. The van der Waals surface area contributed by atoms with Crippen molar-refractivity contribution < 1.29 is 19.1 Å². The zero-order valence-corrected chi connectivity index (χ0v) is 16.5. The molecule has 2 N–H and O–H groups in total. The van der Waals surface area contributed by atoms with Crippen molar-refractivity contribution in [2.45, 2.75) is 13.3 Å². The first-order chi connectivity index (χ1) is 14.1. The highest BCUT2D eigenvalue weighted by Crippen LogP contribution is 2.33. The maximum absolute atomic E-state index is 12.1. The molecule has 2 heterocycles. The molecule has 3 aromatic rings. The van der Waals surface area contributed by atoms with Crippen LogP contribution in [0.1, 0.15) is 12.5 Å². The summed E-state index contributed by atoms with van der Waals surface area (Å²) in [6.45, 7) is 2.01. The summed E-state index contributed by atoms with van der Waals surface area (Å²) in [5, 5.41) is 7.84. The Bertz CT molecular complexity index is 1050. The molecule has 4 rings (SSSR count). The number of carbonyl (C=O) groups is 2. The molecule has 1 aliphatic heterocycles. The first-order valence-electron chi connectivity index (χ1n) is 9.15. The van der Waals surface area contributed by atoms with Crippen molar-refractivity contribution in [1.82, 2.24) is 4.98 Å². The number of anilines is 2. The van der Waals surface area contributed by atoms with Crippen LogP contribution >= 0.6 is 11.3 Å². The van der Waals surface area contributed by atoms with Crippen LogP contribution in [0.4, 0.5) is 10.8 Å². The average molecular weight is 409 g/mol. The van der Waals surface area contributed by atoms with Gasteiger partial charge in [-0.05, 0) is 42.3 Å². The minimum atomic E-state index is -0.281. The second-order valence-corrected chi connectivity index (χ2v) is 7.28. The molecule has 148 valence electrons. The molecule has 0 fully saturated rings. The summed E-state index contributed by atoms with van der Waals surface area (Å²) in [6.07, 6.45) is 0.955. The lowest BCUT2D eigenvalue weighted by atomic mass is 10.1. The van der Waals surface area contributed by atoms with Gasteiger partial charge in [-0.25, -0.2) is 4.98 Å². The Morgan fingerprint density at radius 1 is 1.28 bits per heavy atom. The van der Waals surface area contributed by atoms with Crippen LogP contribution in [-0.4, -0.2) is 30.0 Å². The summed E-state index contributed by atoms with van der Waals surface area (Å²) in [7, 11) is 0. The predicted octanol–water partition coefficient (Wildman–Crippen LogP) is 3.72. The third-order valence-electron chi connectivity index (χ3n) is 4.36. The van der Waals surface area contributed by atoms with Gasteiger partial charge in [0.25, 0.3) is 11.8 Å². The highest BCUT2D eigenvalue weighted by Gasteiger charge is 2.17. The molecule has 0 atom stereocenters. The summed E-state index contributed by atoms with van der Waals surface area (Å²) in [5.74, 6) is 0.804. The van der Waals surface area contributed by atoms with Gasteiger partial charge in [0.05, 0.1) is 11.4 Å². The zero-order valence-electron chi connectivity index (χ0n) is 15.7. The predicted molar refractivity (Wildman–Crippen MR) is 112 cm³/mol. The van der Waals surface area contributed by atoms with E-state index in [-0.39, 0.29) is 25.0 Å². The Hall–Kier alpha value is -3.39. The molecule has 0 unspecified atom stereocenters.